The highest BCUT2D eigenvalue weighted by molar-refractivity contribution is 7.94. The number of benzene rings is 2. The number of rotatable bonds is 8. The second-order valence-electron chi connectivity index (χ2n) is 5.90. The fraction of sp³-hybridized carbons (Fsp3) is 0. The number of anilines is 1. The molecule has 6 N–H and O–H groups in total. The zero-order chi connectivity index (χ0) is 23.5. The van der Waals surface area contributed by atoms with Crippen molar-refractivity contribution in [3.63, 3.8) is 0 Å². The number of hydrogen-bond acceptors (Lipinski definition) is 11. The molecule has 0 saturated heterocycles. The number of nitrogens with zero attached hydrogens (tertiary/aromatic N) is 3. The highest BCUT2D eigenvalue weighted by Crippen LogP contribution is 2.33. The van der Waals surface area contributed by atoms with Gasteiger partial charge in [-0.15, -0.1) is 14.6 Å². The first-order valence-electron chi connectivity index (χ1n) is 8.24. The number of carboxylic acid groups (broad SMARTS) is 1. The highest BCUT2D eigenvalue weighted by Gasteiger charge is 2.21. The van der Waals surface area contributed by atoms with Gasteiger partial charge in [-0.1, -0.05) is 5.04 Å². The summed E-state index contributed by atoms with van der Waals surface area (Å²) < 4.78 is 36.5. The third kappa shape index (κ3) is 5.02. The number of aromatic nitrogens is 2. The average Bonchev–Trinajstić information content (AvgIpc) is 3.07. The summed E-state index contributed by atoms with van der Waals surface area (Å²) in [4.78, 5) is 24.2. The van der Waals surface area contributed by atoms with E-state index in [1.54, 1.807) is 0 Å². The van der Waals surface area contributed by atoms with Gasteiger partial charge in [-0.05, 0) is 42.5 Å². The monoisotopic (exact) mass is 483 g/mol. The zero-order valence-corrected chi connectivity index (χ0v) is 17.2. The summed E-state index contributed by atoms with van der Waals surface area (Å²) in [6, 6.07) is 8.70. The van der Waals surface area contributed by atoms with E-state index in [-0.39, 0.29) is 22.0 Å². The molecular weight excluding hydrogens is 470 g/mol. The maximum atomic E-state index is 12.8. The molecule has 0 atom stereocenters. The molecule has 14 nitrogen and oxygen atoms in total. The molecule has 0 bridgehead atoms. The lowest BCUT2D eigenvalue weighted by Crippen LogP contribution is -2.14. The second-order valence-corrected chi connectivity index (χ2v) is 8.07. The molecule has 0 fully saturated rings. The minimum Gasteiger partial charge on any atom is -0.476 e. The number of carboxylic acids is 1. The molecule has 3 aromatic rings. The topological polar surface area (TPSA) is 219 Å². The molecule has 3 rings (SSSR count). The van der Waals surface area contributed by atoms with Crippen LogP contribution in [0.2, 0.25) is 0 Å². The maximum Gasteiger partial charge on any atom is 0.356 e. The van der Waals surface area contributed by atoms with Gasteiger partial charge in [0.15, 0.2) is 11.4 Å². The van der Waals surface area contributed by atoms with Gasteiger partial charge in [0.2, 0.25) is 0 Å². The van der Waals surface area contributed by atoms with E-state index < -0.39 is 37.9 Å². The van der Waals surface area contributed by atoms with Crippen LogP contribution in [0.15, 0.2) is 67.3 Å². The molecule has 0 aliphatic carbocycles. The Morgan fingerprint density at radius 3 is 2.44 bits per heavy atom. The number of hydrogen-bond donors (Lipinski definition) is 5. The van der Waals surface area contributed by atoms with Crippen LogP contribution in [0.4, 0.5) is 17.1 Å². The second kappa shape index (κ2) is 9.30. The first-order chi connectivity index (χ1) is 15.1. The SMILES string of the molecule is Nc1ccc(SOOO)c(N=Nc2c(C(=O)O)[nH]n(-c3ccc(S(=O)(=O)O)cc3)c2=O)c1. The van der Waals surface area contributed by atoms with Crippen molar-refractivity contribution >= 4 is 45.2 Å². The molecule has 32 heavy (non-hydrogen) atoms. The molecule has 2 aromatic carbocycles. The van der Waals surface area contributed by atoms with Crippen LogP contribution in [0, 0.1) is 0 Å². The molecule has 1 heterocycles. The minimum atomic E-state index is -4.45. The van der Waals surface area contributed by atoms with E-state index in [1.165, 1.54) is 30.3 Å². The van der Waals surface area contributed by atoms with E-state index in [0.717, 1.165) is 16.8 Å². The highest BCUT2D eigenvalue weighted by atomic mass is 32.2. The van der Waals surface area contributed by atoms with Gasteiger partial charge >= 0.3 is 5.97 Å². The van der Waals surface area contributed by atoms with Gasteiger partial charge in [0.25, 0.3) is 15.7 Å². The summed E-state index contributed by atoms with van der Waals surface area (Å²) in [6.45, 7) is 0. The molecule has 16 heteroatoms. The Balaban J connectivity index is 2.05. The van der Waals surface area contributed by atoms with Gasteiger partial charge in [0.1, 0.15) is 5.69 Å². The van der Waals surface area contributed by atoms with Gasteiger partial charge in [0, 0.05) is 5.69 Å². The summed E-state index contributed by atoms with van der Waals surface area (Å²) >= 11 is 0.552. The number of nitrogens with one attached hydrogen (secondary N) is 1. The summed E-state index contributed by atoms with van der Waals surface area (Å²) in [7, 11) is -4.45. The van der Waals surface area contributed by atoms with E-state index >= 15 is 0 Å². The predicted molar refractivity (Wildman–Crippen MR) is 109 cm³/mol. The lowest BCUT2D eigenvalue weighted by molar-refractivity contribution is -0.432. The number of carbonyl (C=O) groups is 1. The largest absolute Gasteiger partial charge is 0.476 e. The lowest BCUT2D eigenvalue weighted by Gasteiger charge is -2.02. The van der Waals surface area contributed by atoms with Crippen molar-refractivity contribution in [3.05, 3.63) is 58.5 Å². The van der Waals surface area contributed by atoms with Gasteiger partial charge < -0.3 is 10.8 Å². The zero-order valence-electron chi connectivity index (χ0n) is 15.6. The Bertz CT molecular complexity index is 1350. The van der Waals surface area contributed by atoms with Crippen molar-refractivity contribution in [2.45, 2.75) is 9.79 Å². The normalized spacial score (nSPS) is 11.8. The number of azo groups is 1. The van der Waals surface area contributed by atoms with Crippen LogP contribution in [-0.4, -0.2) is 39.1 Å². The first kappa shape index (κ1) is 23.1. The molecule has 1 aromatic heterocycles. The fourth-order valence-corrected chi connectivity index (χ4v) is 3.35. The number of nitrogens with two attached hydrogens (primary N) is 1. The van der Waals surface area contributed by atoms with Crippen molar-refractivity contribution in [2.24, 2.45) is 10.2 Å². The van der Waals surface area contributed by atoms with Gasteiger partial charge in [-0.2, -0.15) is 8.42 Å². The molecule has 0 amide bonds. The smallest absolute Gasteiger partial charge is 0.356 e. The quantitative estimate of drug-likeness (QED) is 0.0782. The van der Waals surface area contributed by atoms with Crippen LogP contribution >= 0.6 is 12.0 Å². The van der Waals surface area contributed by atoms with E-state index in [2.05, 4.69) is 24.7 Å². The van der Waals surface area contributed by atoms with Gasteiger partial charge in [0.05, 0.1) is 27.5 Å². The Kier molecular flexibility index (Phi) is 6.72. The number of H-pyrrole nitrogens is 1. The van der Waals surface area contributed by atoms with Crippen LogP contribution in [0.3, 0.4) is 0 Å². The van der Waals surface area contributed by atoms with Gasteiger partial charge in [-0.25, -0.2) is 14.7 Å². The molecular formula is C16H13N5O9S2. The molecule has 0 spiro atoms. The fourth-order valence-electron chi connectivity index (χ4n) is 2.46. The van der Waals surface area contributed by atoms with E-state index in [1.807, 2.05) is 0 Å². The summed E-state index contributed by atoms with van der Waals surface area (Å²) in [5, 5.41) is 31.2. The Morgan fingerprint density at radius 1 is 1.16 bits per heavy atom. The number of aromatic amines is 1. The van der Waals surface area contributed by atoms with E-state index in [4.69, 9.17) is 15.5 Å². The maximum absolute atomic E-state index is 12.8. The van der Waals surface area contributed by atoms with Crippen LogP contribution in [0.5, 0.6) is 0 Å². The number of nitrogen functional groups attached to an aromatic ring is 1. The third-order valence-electron chi connectivity index (χ3n) is 3.87. The van der Waals surface area contributed by atoms with Crippen molar-refractivity contribution in [3.8, 4) is 5.69 Å². The third-order valence-corrected chi connectivity index (χ3v) is 5.39. The van der Waals surface area contributed by atoms with Crippen LogP contribution in [-0.2, 0) is 19.5 Å². The molecule has 0 saturated carbocycles. The van der Waals surface area contributed by atoms with E-state index in [9.17, 15) is 23.1 Å². The Morgan fingerprint density at radius 2 is 1.84 bits per heavy atom. The van der Waals surface area contributed by atoms with Crippen molar-refractivity contribution in [1.29, 1.82) is 0 Å². The lowest BCUT2D eigenvalue weighted by atomic mass is 10.3. The van der Waals surface area contributed by atoms with Crippen molar-refractivity contribution in [1.82, 2.24) is 9.78 Å². The molecule has 0 unspecified atom stereocenters. The molecule has 0 radical (unpaired) electrons. The Hall–Kier alpha value is -3.54. The molecule has 168 valence electrons. The van der Waals surface area contributed by atoms with Crippen LogP contribution in [0.25, 0.3) is 5.69 Å². The van der Waals surface area contributed by atoms with Crippen LogP contribution in [0.1, 0.15) is 10.5 Å². The van der Waals surface area contributed by atoms with E-state index in [0.29, 0.717) is 12.0 Å². The standard InChI is InChI=1S/C16H13N5O9S2/c17-8-1-6-12(31-30-29-25)11(7-8)18-19-13-14(16(23)24)20-21(15(13)22)9-2-4-10(5-3-9)32(26,27)28/h1-7,20,25H,17H2,(H,23,24)(H,26,27,28). The molecule has 0 aliphatic rings. The van der Waals surface area contributed by atoms with Crippen molar-refractivity contribution in [2.75, 3.05) is 5.73 Å². The Labute approximate surface area is 182 Å². The average molecular weight is 483 g/mol. The summed E-state index contributed by atoms with van der Waals surface area (Å²) in [6.07, 6.45) is 0. The van der Waals surface area contributed by atoms with Crippen molar-refractivity contribution < 1.29 is 37.5 Å². The first-order valence-corrected chi connectivity index (χ1v) is 10.4. The summed E-state index contributed by atoms with van der Waals surface area (Å²) in [5.74, 6) is -1.51. The number of aromatic carboxylic acids is 1. The summed E-state index contributed by atoms with van der Waals surface area (Å²) in [5.41, 5.74) is 4.06. The minimum absolute atomic E-state index is 0.0695. The van der Waals surface area contributed by atoms with Crippen LogP contribution < -0.4 is 11.3 Å². The van der Waals surface area contributed by atoms with Gasteiger partial charge in [-0.3, -0.25) is 14.4 Å². The predicted octanol–water partition coefficient (Wildman–Crippen LogP) is 2.54. The molecule has 0 aliphatic heterocycles.